The Balaban J connectivity index is 0.00000254. The normalized spacial score (nSPS) is 23.0. The summed E-state index contributed by atoms with van der Waals surface area (Å²) >= 11 is 0. The molecule has 0 amide bonds. The van der Waals surface area contributed by atoms with Gasteiger partial charge in [-0.1, -0.05) is 61.4 Å². The quantitative estimate of drug-likeness (QED) is 0.493. The van der Waals surface area contributed by atoms with E-state index in [1.807, 2.05) is 0 Å². The Labute approximate surface area is 148 Å². The molecule has 0 aromatic heterocycles. The topological polar surface area (TPSA) is 40.5 Å². The standard InChI is InChI=1S/C20H30O2.C2H2/c1-18-12-7-4-2-3-5-8-13-19(18)14-11-16-20(22)15-9-6-10-17-21;1-2/h2-3,5,7-8,11-12,14,20-22H,4,6,9-10,13,15-17H2,1H3;1-2H/b3-2-,8-5-,12-7-,14-11-,19-18+;. The summed E-state index contributed by atoms with van der Waals surface area (Å²) in [6.07, 6.45) is 31.0. The van der Waals surface area contributed by atoms with Crippen LogP contribution < -0.4 is 0 Å². The maximum Gasteiger partial charge on any atom is 0.0574 e. The van der Waals surface area contributed by atoms with Crippen molar-refractivity contribution >= 4 is 0 Å². The lowest BCUT2D eigenvalue weighted by Gasteiger charge is -2.08. The third-order valence-electron chi connectivity index (χ3n) is 3.79. The summed E-state index contributed by atoms with van der Waals surface area (Å²) in [5.41, 5.74) is 2.59. The van der Waals surface area contributed by atoms with Crippen LogP contribution in [-0.4, -0.2) is 22.9 Å². The Morgan fingerprint density at radius 2 is 1.88 bits per heavy atom. The molecule has 0 heterocycles. The van der Waals surface area contributed by atoms with E-state index >= 15 is 0 Å². The summed E-state index contributed by atoms with van der Waals surface area (Å²) in [5, 5.41) is 18.7. The molecule has 1 atom stereocenters. The fraction of sp³-hybridized carbons (Fsp3) is 0.455. The number of hydrogen-bond acceptors (Lipinski definition) is 2. The first kappa shape index (κ1) is 22.2. The summed E-state index contributed by atoms with van der Waals surface area (Å²) < 4.78 is 0. The van der Waals surface area contributed by atoms with Gasteiger partial charge in [-0.2, -0.15) is 0 Å². The summed E-state index contributed by atoms with van der Waals surface area (Å²) in [7, 11) is 0. The number of terminal acetylenes is 1. The van der Waals surface area contributed by atoms with Crippen molar-refractivity contribution in [2.75, 3.05) is 6.61 Å². The maximum absolute atomic E-state index is 9.96. The van der Waals surface area contributed by atoms with Gasteiger partial charge in [0, 0.05) is 6.61 Å². The zero-order valence-corrected chi connectivity index (χ0v) is 14.9. The van der Waals surface area contributed by atoms with Gasteiger partial charge in [-0.3, -0.25) is 0 Å². The first-order valence-electron chi connectivity index (χ1n) is 8.70. The van der Waals surface area contributed by atoms with Crippen LogP contribution in [0.1, 0.15) is 51.9 Å². The molecule has 2 heteroatoms. The molecule has 2 N–H and O–H groups in total. The molecule has 0 aromatic rings. The van der Waals surface area contributed by atoms with Crippen LogP contribution in [-0.2, 0) is 0 Å². The number of unbranched alkanes of at least 4 members (excludes halogenated alkanes) is 2. The van der Waals surface area contributed by atoms with Crippen molar-refractivity contribution < 1.29 is 10.2 Å². The van der Waals surface area contributed by atoms with Crippen LogP contribution in [0.5, 0.6) is 0 Å². The van der Waals surface area contributed by atoms with Crippen LogP contribution in [0.2, 0.25) is 0 Å². The van der Waals surface area contributed by atoms with Gasteiger partial charge >= 0.3 is 0 Å². The number of allylic oxidation sites excluding steroid dienone is 9. The van der Waals surface area contributed by atoms with Gasteiger partial charge in [0.15, 0.2) is 0 Å². The highest BCUT2D eigenvalue weighted by atomic mass is 16.3. The lowest BCUT2D eigenvalue weighted by molar-refractivity contribution is 0.162. The highest BCUT2D eigenvalue weighted by Gasteiger charge is 2.02. The minimum atomic E-state index is -0.274. The van der Waals surface area contributed by atoms with Gasteiger partial charge in [-0.25, -0.2) is 0 Å². The van der Waals surface area contributed by atoms with Crippen molar-refractivity contribution in [2.24, 2.45) is 0 Å². The Kier molecular flexibility index (Phi) is 14.8. The highest BCUT2D eigenvalue weighted by molar-refractivity contribution is 5.34. The van der Waals surface area contributed by atoms with Gasteiger partial charge in [0.25, 0.3) is 0 Å². The molecule has 1 aliphatic rings. The van der Waals surface area contributed by atoms with Crippen molar-refractivity contribution in [2.45, 2.75) is 58.0 Å². The molecule has 0 saturated heterocycles. The lowest BCUT2D eigenvalue weighted by Crippen LogP contribution is -2.04. The minimum absolute atomic E-state index is 0.250. The van der Waals surface area contributed by atoms with Gasteiger partial charge in [0.2, 0.25) is 0 Å². The van der Waals surface area contributed by atoms with E-state index in [1.54, 1.807) is 0 Å². The molecule has 132 valence electrons. The van der Waals surface area contributed by atoms with E-state index in [9.17, 15) is 5.11 Å². The number of aliphatic hydroxyl groups is 2. The molecule has 0 radical (unpaired) electrons. The number of hydrogen-bond donors (Lipinski definition) is 2. The lowest BCUT2D eigenvalue weighted by atomic mass is 10.0. The minimum Gasteiger partial charge on any atom is -0.396 e. The fourth-order valence-corrected chi connectivity index (χ4v) is 2.38. The van der Waals surface area contributed by atoms with Crippen LogP contribution in [0.4, 0.5) is 0 Å². The summed E-state index contributed by atoms with van der Waals surface area (Å²) in [6, 6.07) is 0. The molecule has 0 bridgehead atoms. The highest BCUT2D eigenvalue weighted by Crippen LogP contribution is 2.15. The molecule has 0 saturated carbocycles. The van der Waals surface area contributed by atoms with Gasteiger partial charge in [-0.05, 0) is 50.2 Å². The van der Waals surface area contributed by atoms with E-state index in [0.29, 0.717) is 6.42 Å². The van der Waals surface area contributed by atoms with E-state index < -0.39 is 0 Å². The SMILES string of the molecule is C#C.CC1=C(\C=C/CC(O)CCCCCO)C/C=C\C=C/C/C=C\1. The Bertz CT molecular complexity index is 475. The molecule has 0 aliphatic heterocycles. The van der Waals surface area contributed by atoms with E-state index in [2.05, 4.69) is 68.4 Å². The van der Waals surface area contributed by atoms with Crippen molar-refractivity contribution in [3.8, 4) is 12.8 Å². The molecule has 1 rings (SSSR count). The van der Waals surface area contributed by atoms with Gasteiger partial charge in [-0.15, -0.1) is 12.8 Å². The van der Waals surface area contributed by atoms with Gasteiger partial charge in [0.1, 0.15) is 0 Å². The third-order valence-corrected chi connectivity index (χ3v) is 3.79. The van der Waals surface area contributed by atoms with Crippen molar-refractivity contribution in [1.29, 1.82) is 0 Å². The van der Waals surface area contributed by atoms with E-state index in [4.69, 9.17) is 5.11 Å². The molecule has 2 nitrogen and oxygen atoms in total. The molecule has 24 heavy (non-hydrogen) atoms. The second kappa shape index (κ2) is 16.1. The predicted octanol–water partition coefficient (Wildman–Crippen LogP) is 4.87. The van der Waals surface area contributed by atoms with E-state index in [0.717, 1.165) is 38.5 Å². The molecule has 1 aliphatic carbocycles. The smallest absolute Gasteiger partial charge is 0.0574 e. The number of aliphatic hydroxyl groups excluding tert-OH is 2. The van der Waals surface area contributed by atoms with E-state index in [-0.39, 0.29) is 12.7 Å². The molecular weight excluding hydrogens is 296 g/mol. The third kappa shape index (κ3) is 11.7. The Hall–Kier alpha value is -1.82. The van der Waals surface area contributed by atoms with Crippen LogP contribution in [0, 0.1) is 12.8 Å². The number of rotatable bonds is 8. The predicted molar refractivity (Wildman–Crippen MR) is 105 cm³/mol. The average Bonchev–Trinajstić information content (AvgIpc) is 2.61. The molecule has 0 fully saturated rings. The Morgan fingerprint density at radius 1 is 1.12 bits per heavy atom. The second-order valence-corrected chi connectivity index (χ2v) is 5.77. The Morgan fingerprint density at radius 3 is 2.62 bits per heavy atom. The average molecular weight is 328 g/mol. The summed E-state index contributed by atoms with van der Waals surface area (Å²) in [6.45, 7) is 2.39. The van der Waals surface area contributed by atoms with Crippen LogP contribution in [0.15, 0.2) is 59.8 Å². The molecular formula is C22H32O2. The first-order chi connectivity index (χ1) is 11.7. The van der Waals surface area contributed by atoms with Crippen molar-refractivity contribution in [3.05, 3.63) is 59.8 Å². The van der Waals surface area contributed by atoms with Crippen LogP contribution in [0.25, 0.3) is 0 Å². The van der Waals surface area contributed by atoms with Crippen LogP contribution in [0.3, 0.4) is 0 Å². The maximum atomic E-state index is 9.96. The summed E-state index contributed by atoms with van der Waals surface area (Å²) in [4.78, 5) is 0. The fourth-order valence-electron chi connectivity index (χ4n) is 2.38. The molecule has 1 unspecified atom stereocenters. The largest absolute Gasteiger partial charge is 0.396 e. The molecule has 0 spiro atoms. The van der Waals surface area contributed by atoms with Crippen molar-refractivity contribution in [1.82, 2.24) is 0 Å². The van der Waals surface area contributed by atoms with E-state index in [1.165, 1.54) is 11.1 Å². The van der Waals surface area contributed by atoms with Crippen LogP contribution >= 0.6 is 0 Å². The molecule has 0 aromatic carbocycles. The van der Waals surface area contributed by atoms with Crippen molar-refractivity contribution in [3.63, 3.8) is 0 Å². The second-order valence-electron chi connectivity index (χ2n) is 5.77. The van der Waals surface area contributed by atoms with Gasteiger partial charge in [0.05, 0.1) is 6.10 Å². The zero-order chi connectivity index (χ0) is 18.0. The monoisotopic (exact) mass is 328 g/mol. The summed E-state index contributed by atoms with van der Waals surface area (Å²) in [5.74, 6) is 0. The zero-order valence-electron chi connectivity index (χ0n) is 14.9. The van der Waals surface area contributed by atoms with Gasteiger partial charge < -0.3 is 10.2 Å². The first-order valence-corrected chi connectivity index (χ1v) is 8.70.